The number of fused-ring (bicyclic) bond motifs is 1. The normalized spacial score (nSPS) is 11.1. The van der Waals surface area contributed by atoms with E-state index < -0.39 is 5.97 Å². The molecular weight excluding hydrogens is 442 g/mol. The van der Waals surface area contributed by atoms with Gasteiger partial charge in [0.15, 0.2) is 0 Å². The summed E-state index contributed by atoms with van der Waals surface area (Å²) in [5.41, 5.74) is 4.90. The first kappa shape index (κ1) is 18.6. The van der Waals surface area contributed by atoms with Crippen LogP contribution in [0.3, 0.4) is 0 Å². The molecule has 28 heavy (non-hydrogen) atoms. The first-order valence-corrected chi connectivity index (χ1v) is 10.1. The van der Waals surface area contributed by atoms with Gasteiger partial charge in [0.1, 0.15) is 16.1 Å². The molecule has 0 aliphatic carbocycles. The fourth-order valence-electron chi connectivity index (χ4n) is 3.26. The van der Waals surface area contributed by atoms with Gasteiger partial charge in [0.25, 0.3) is 0 Å². The average Bonchev–Trinajstić information content (AvgIpc) is 3.24. The van der Waals surface area contributed by atoms with Gasteiger partial charge in [-0.15, -0.1) is 11.3 Å². The zero-order valence-corrected chi connectivity index (χ0v) is 17.8. The lowest BCUT2D eigenvalue weighted by Gasteiger charge is -2.07. The molecule has 1 aromatic carbocycles. The molecule has 4 rings (SSSR count). The van der Waals surface area contributed by atoms with Crippen LogP contribution in [0.4, 0.5) is 0 Å². The van der Waals surface area contributed by atoms with Crippen LogP contribution in [0.25, 0.3) is 27.8 Å². The van der Waals surface area contributed by atoms with Crippen molar-refractivity contribution in [2.45, 2.75) is 13.8 Å². The highest BCUT2D eigenvalue weighted by molar-refractivity contribution is 9.10. The lowest BCUT2D eigenvalue weighted by atomic mass is 10.0. The molecule has 0 spiro atoms. The Morgan fingerprint density at radius 3 is 2.68 bits per heavy atom. The number of thiophene rings is 1. The van der Waals surface area contributed by atoms with Crippen LogP contribution >= 0.6 is 27.3 Å². The largest absolute Gasteiger partial charge is 0.479 e. The van der Waals surface area contributed by atoms with E-state index in [4.69, 9.17) is 9.84 Å². The summed E-state index contributed by atoms with van der Waals surface area (Å²) < 4.78 is 8.03. The van der Waals surface area contributed by atoms with Gasteiger partial charge in [-0.05, 0) is 35.3 Å². The first-order chi connectivity index (χ1) is 13.4. The van der Waals surface area contributed by atoms with Crippen LogP contribution in [0.2, 0.25) is 0 Å². The molecule has 0 atom stereocenters. The van der Waals surface area contributed by atoms with E-state index in [0.717, 1.165) is 26.7 Å². The molecule has 0 amide bonds. The Labute approximate surface area is 173 Å². The van der Waals surface area contributed by atoms with Crippen LogP contribution in [0.15, 0.2) is 40.3 Å². The van der Waals surface area contributed by atoms with Crippen molar-refractivity contribution in [3.05, 3.63) is 56.3 Å². The molecule has 6 nitrogen and oxygen atoms in total. The number of ether oxygens (including phenoxy) is 1. The second-order valence-electron chi connectivity index (χ2n) is 6.29. The second kappa shape index (κ2) is 7.03. The van der Waals surface area contributed by atoms with E-state index in [1.165, 1.54) is 11.3 Å². The van der Waals surface area contributed by atoms with Gasteiger partial charge < -0.3 is 9.84 Å². The minimum atomic E-state index is -0.949. The third-order valence-corrected chi connectivity index (χ3v) is 6.31. The summed E-state index contributed by atoms with van der Waals surface area (Å²) in [4.78, 5) is 16.2. The molecule has 0 aliphatic rings. The van der Waals surface area contributed by atoms with E-state index >= 15 is 0 Å². The SMILES string of the molecule is COc1ncc(Br)c2c(-c3ccccc3C)nn(-c3csc(C(=O)O)c3C)c12. The predicted molar refractivity (Wildman–Crippen MR) is 113 cm³/mol. The third kappa shape index (κ3) is 2.80. The molecule has 0 unspecified atom stereocenters. The Bertz CT molecular complexity index is 1230. The number of aryl methyl sites for hydroxylation is 1. The molecule has 3 aromatic heterocycles. The Morgan fingerprint density at radius 1 is 1.29 bits per heavy atom. The van der Waals surface area contributed by atoms with Crippen molar-refractivity contribution >= 4 is 44.1 Å². The van der Waals surface area contributed by atoms with Gasteiger partial charge in [-0.2, -0.15) is 5.10 Å². The van der Waals surface area contributed by atoms with Gasteiger partial charge in [-0.25, -0.2) is 14.5 Å². The van der Waals surface area contributed by atoms with Crippen LogP contribution in [0.1, 0.15) is 20.8 Å². The fourth-order valence-corrected chi connectivity index (χ4v) is 4.63. The minimum absolute atomic E-state index is 0.290. The van der Waals surface area contributed by atoms with Gasteiger partial charge in [-0.3, -0.25) is 0 Å². The van der Waals surface area contributed by atoms with Gasteiger partial charge in [0.05, 0.1) is 12.8 Å². The maximum Gasteiger partial charge on any atom is 0.346 e. The highest BCUT2D eigenvalue weighted by Gasteiger charge is 2.24. The summed E-state index contributed by atoms with van der Waals surface area (Å²) in [5, 5.41) is 17.0. The highest BCUT2D eigenvalue weighted by atomic mass is 79.9. The van der Waals surface area contributed by atoms with E-state index in [1.54, 1.807) is 30.3 Å². The quantitative estimate of drug-likeness (QED) is 0.453. The van der Waals surface area contributed by atoms with Crippen LogP contribution in [-0.4, -0.2) is 33.0 Å². The Kier molecular flexibility index (Phi) is 4.68. The summed E-state index contributed by atoms with van der Waals surface area (Å²) in [6.45, 7) is 3.82. The van der Waals surface area contributed by atoms with Gasteiger partial charge >= 0.3 is 5.97 Å². The highest BCUT2D eigenvalue weighted by Crippen LogP contribution is 2.40. The van der Waals surface area contributed by atoms with Crippen molar-refractivity contribution in [3.63, 3.8) is 0 Å². The summed E-state index contributed by atoms with van der Waals surface area (Å²) in [5.74, 6) is -0.524. The summed E-state index contributed by atoms with van der Waals surface area (Å²) in [7, 11) is 1.56. The Balaban J connectivity index is 2.12. The summed E-state index contributed by atoms with van der Waals surface area (Å²) >= 11 is 4.78. The monoisotopic (exact) mass is 457 g/mol. The lowest BCUT2D eigenvalue weighted by molar-refractivity contribution is 0.0701. The van der Waals surface area contributed by atoms with Crippen molar-refractivity contribution < 1.29 is 14.6 Å². The molecule has 0 saturated heterocycles. The minimum Gasteiger partial charge on any atom is -0.479 e. The van der Waals surface area contributed by atoms with Crippen molar-refractivity contribution in [1.29, 1.82) is 0 Å². The van der Waals surface area contributed by atoms with E-state index in [2.05, 4.69) is 20.9 Å². The van der Waals surface area contributed by atoms with Gasteiger partial charge in [0.2, 0.25) is 5.88 Å². The topological polar surface area (TPSA) is 77.2 Å². The maximum atomic E-state index is 11.5. The summed E-state index contributed by atoms with van der Waals surface area (Å²) in [6, 6.07) is 8.00. The standard InChI is InChI=1S/C20H16BrN3O3S/c1-10-6-4-5-7-12(10)16-15-13(21)8-22-19(27-3)17(15)24(23-16)14-9-28-18(11(14)2)20(25)26/h4-9H,1-3H3,(H,25,26). The van der Waals surface area contributed by atoms with Crippen LogP contribution < -0.4 is 4.74 Å². The number of benzene rings is 1. The van der Waals surface area contributed by atoms with Crippen LogP contribution in [0.5, 0.6) is 5.88 Å². The molecule has 1 N–H and O–H groups in total. The number of hydrogen-bond acceptors (Lipinski definition) is 5. The Hall–Kier alpha value is -2.71. The molecule has 142 valence electrons. The zero-order valence-electron chi connectivity index (χ0n) is 15.4. The number of carboxylic acids is 1. The number of hydrogen-bond donors (Lipinski definition) is 1. The van der Waals surface area contributed by atoms with Gasteiger partial charge in [0, 0.05) is 32.6 Å². The van der Waals surface area contributed by atoms with Crippen molar-refractivity contribution in [2.75, 3.05) is 7.11 Å². The lowest BCUT2D eigenvalue weighted by Crippen LogP contribution is -2.02. The van der Waals surface area contributed by atoms with E-state index in [1.807, 2.05) is 31.2 Å². The first-order valence-electron chi connectivity index (χ1n) is 8.43. The molecule has 0 fully saturated rings. The van der Waals surface area contributed by atoms with Crippen molar-refractivity contribution in [1.82, 2.24) is 14.8 Å². The van der Waals surface area contributed by atoms with Crippen LogP contribution in [0, 0.1) is 13.8 Å². The number of aromatic carboxylic acids is 1. The number of nitrogens with zero attached hydrogens (tertiary/aromatic N) is 3. The fraction of sp³-hybridized carbons (Fsp3) is 0.150. The molecular formula is C20H16BrN3O3S. The number of pyridine rings is 1. The number of aromatic nitrogens is 3. The molecule has 0 aliphatic heterocycles. The van der Waals surface area contributed by atoms with E-state index in [-0.39, 0.29) is 4.88 Å². The number of halogens is 1. The molecule has 8 heteroatoms. The summed E-state index contributed by atoms with van der Waals surface area (Å²) in [6.07, 6.45) is 1.69. The molecule has 0 saturated carbocycles. The maximum absolute atomic E-state index is 11.5. The predicted octanol–water partition coefficient (Wildman–Crippen LogP) is 5.24. The third-order valence-electron chi connectivity index (χ3n) is 4.65. The Morgan fingerprint density at radius 2 is 2.04 bits per heavy atom. The van der Waals surface area contributed by atoms with E-state index in [0.29, 0.717) is 22.6 Å². The number of carbonyl (C=O) groups is 1. The molecule has 0 bridgehead atoms. The van der Waals surface area contributed by atoms with Gasteiger partial charge in [-0.1, -0.05) is 24.3 Å². The van der Waals surface area contributed by atoms with Crippen LogP contribution in [-0.2, 0) is 0 Å². The number of rotatable bonds is 4. The molecule has 4 aromatic rings. The number of carboxylic acid groups (broad SMARTS) is 1. The number of methoxy groups -OCH3 is 1. The molecule has 3 heterocycles. The molecule has 0 radical (unpaired) electrons. The average molecular weight is 458 g/mol. The van der Waals surface area contributed by atoms with Crippen molar-refractivity contribution in [3.8, 4) is 22.8 Å². The van der Waals surface area contributed by atoms with E-state index in [9.17, 15) is 9.90 Å². The smallest absolute Gasteiger partial charge is 0.346 e. The van der Waals surface area contributed by atoms with Crippen molar-refractivity contribution in [2.24, 2.45) is 0 Å². The zero-order chi connectivity index (χ0) is 20.0. The second-order valence-corrected chi connectivity index (χ2v) is 8.03.